The Hall–Kier alpha value is -3.92. The van der Waals surface area contributed by atoms with Gasteiger partial charge in [-0.05, 0) is 34.4 Å². The molecule has 0 aliphatic carbocycles. The molecule has 3 aromatic carbocycles. The minimum atomic E-state index is -0.401. The lowest BCUT2D eigenvalue weighted by Gasteiger charge is -2.05. The maximum absolute atomic E-state index is 11.8. The number of hydrogen-bond donors (Lipinski definition) is 0. The van der Waals surface area contributed by atoms with Crippen molar-refractivity contribution in [3.8, 4) is 0 Å². The molecule has 0 radical (unpaired) electrons. The summed E-state index contributed by atoms with van der Waals surface area (Å²) in [6, 6.07) is 26.5. The summed E-state index contributed by atoms with van der Waals surface area (Å²) in [5, 5.41) is 0. The van der Waals surface area contributed by atoms with E-state index in [2.05, 4.69) is 0 Å². The van der Waals surface area contributed by atoms with Crippen LogP contribution in [0.15, 0.2) is 97.1 Å². The Morgan fingerprint density at radius 3 is 1.30 bits per heavy atom. The van der Waals surface area contributed by atoms with Crippen LogP contribution < -0.4 is 0 Å². The first kappa shape index (κ1) is 20.8. The fourth-order valence-corrected chi connectivity index (χ4v) is 2.59. The van der Waals surface area contributed by atoms with Crippen LogP contribution in [-0.4, -0.2) is 11.9 Å². The van der Waals surface area contributed by atoms with Crippen LogP contribution in [0.25, 0.3) is 12.2 Å². The number of ether oxygens (including phenoxy) is 2. The van der Waals surface area contributed by atoms with Crippen molar-refractivity contribution < 1.29 is 19.1 Å². The normalized spacial score (nSPS) is 10.9. The molecule has 0 N–H and O–H groups in total. The molecule has 0 heterocycles. The van der Waals surface area contributed by atoms with Crippen molar-refractivity contribution in [3.05, 3.63) is 119 Å². The van der Waals surface area contributed by atoms with E-state index in [0.29, 0.717) is 0 Å². The van der Waals surface area contributed by atoms with Gasteiger partial charge in [0.2, 0.25) is 0 Å². The molecule has 4 heteroatoms. The van der Waals surface area contributed by atoms with Gasteiger partial charge in [0.05, 0.1) is 0 Å². The van der Waals surface area contributed by atoms with E-state index in [4.69, 9.17) is 9.47 Å². The second-order valence-electron chi connectivity index (χ2n) is 6.52. The number of carbonyl (C=O) groups is 2. The molecule has 0 unspecified atom stereocenters. The second kappa shape index (κ2) is 11.2. The zero-order valence-corrected chi connectivity index (χ0v) is 16.4. The van der Waals surface area contributed by atoms with Crippen LogP contribution in [0.1, 0.15) is 22.3 Å². The monoisotopic (exact) mass is 398 g/mol. The highest BCUT2D eigenvalue weighted by molar-refractivity contribution is 5.87. The summed E-state index contributed by atoms with van der Waals surface area (Å²) in [4.78, 5) is 23.7. The molecule has 0 saturated heterocycles. The molecule has 30 heavy (non-hydrogen) atoms. The highest BCUT2D eigenvalue weighted by Crippen LogP contribution is 2.09. The summed E-state index contributed by atoms with van der Waals surface area (Å²) in [6.45, 7) is 0.357. The van der Waals surface area contributed by atoms with Crippen molar-refractivity contribution in [2.24, 2.45) is 0 Å². The van der Waals surface area contributed by atoms with Gasteiger partial charge in [0, 0.05) is 12.2 Å². The van der Waals surface area contributed by atoms with E-state index in [1.54, 1.807) is 12.2 Å². The Kier molecular flexibility index (Phi) is 7.75. The number of benzene rings is 3. The van der Waals surface area contributed by atoms with Gasteiger partial charge in [-0.1, -0.05) is 84.9 Å². The number of hydrogen-bond acceptors (Lipinski definition) is 4. The quantitative estimate of drug-likeness (QED) is 0.387. The van der Waals surface area contributed by atoms with Crippen LogP contribution in [0, 0.1) is 0 Å². The molecular weight excluding hydrogens is 376 g/mol. The first-order valence-corrected chi connectivity index (χ1v) is 9.57. The van der Waals surface area contributed by atoms with Gasteiger partial charge in [0.15, 0.2) is 0 Å². The molecule has 0 aromatic heterocycles. The summed E-state index contributed by atoms with van der Waals surface area (Å²) in [7, 11) is 0. The van der Waals surface area contributed by atoms with Gasteiger partial charge in [-0.3, -0.25) is 0 Å². The van der Waals surface area contributed by atoms with E-state index in [1.807, 2.05) is 84.9 Å². The van der Waals surface area contributed by atoms with Gasteiger partial charge in [-0.25, -0.2) is 9.59 Å². The lowest BCUT2D eigenvalue weighted by molar-refractivity contribution is -0.139. The molecule has 3 aromatic rings. The largest absolute Gasteiger partial charge is 0.458 e. The average molecular weight is 398 g/mol. The number of rotatable bonds is 8. The van der Waals surface area contributed by atoms with Gasteiger partial charge in [-0.2, -0.15) is 0 Å². The molecule has 3 rings (SSSR count). The zero-order valence-electron chi connectivity index (χ0n) is 16.4. The SMILES string of the molecule is O=C(C=Cc1ccccc1)OCc1ccc(COC(=O)C=Cc2ccccc2)cc1. The summed E-state index contributed by atoms with van der Waals surface area (Å²) >= 11 is 0. The first-order valence-electron chi connectivity index (χ1n) is 9.57. The third kappa shape index (κ3) is 7.24. The van der Waals surface area contributed by atoms with E-state index in [0.717, 1.165) is 22.3 Å². The predicted molar refractivity (Wildman–Crippen MR) is 117 cm³/mol. The van der Waals surface area contributed by atoms with Gasteiger partial charge < -0.3 is 9.47 Å². The Balaban J connectivity index is 1.41. The fourth-order valence-electron chi connectivity index (χ4n) is 2.59. The molecule has 150 valence electrons. The molecule has 0 saturated carbocycles. The maximum Gasteiger partial charge on any atom is 0.331 e. The lowest BCUT2D eigenvalue weighted by Crippen LogP contribution is -2.02. The van der Waals surface area contributed by atoms with E-state index >= 15 is 0 Å². The summed E-state index contributed by atoms with van der Waals surface area (Å²) < 4.78 is 10.5. The molecule has 0 aliphatic heterocycles. The molecule has 0 fully saturated rings. The van der Waals surface area contributed by atoms with Crippen molar-refractivity contribution in [1.29, 1.82) is 0 Å². The fraction of sp³-hybridized carbons (Fsp3) is 0.0769. The standard InChI is InChI=1S/C26H22O4/c27-25(17-15-21-7-3-1-4-8-21)29-19-23-11-13-24(14-12-23)20-30-26(28)18-16-22-9-5-2-6-10-22/h1-18H,19-20H2. The minimum absolute atomic E-state index is 0.178. The van der Waals surface area contributed by atoms with Gasteiger partial charge in [0.1, 0.15) is 13.2 Å². The van der Waals surface area contributed by atoms with E-state index in [1.165, 1.54) is 12.2 Å². The smallest absolute Gasteiger partial charge is 0.331 e. The highest BCUT2D eigenvalue weighted by atomic mass is 16.5. The molecule has 0 bridgehead atoms. The average Bonchev–Trinajstić information content (AvgIpc) is 2.80. The van der Waals surface area contributed by atoms with E-state index in [-0.39, 0.29) is 13.2 Å². The number of esters is 2. The van der Waals surface area contributed by atoms with Crippen LogP contribution in [0.4, 0.5) is 0 Å². The van der Waals surface area contributed by atoms with E-state index < -0.39 is 11.9 Å². The third-order valence-electron chi connectivity index (χ3n) is 4.21. The first-order chi connectivity index (χ1) is 14.7. The zero-order chi connectivity index (χ0) is 21.0. The minimum Gasteiger partial charge on any atom is -0.458 e. The number of carbonyl (C=O) groups excluding carboxylic acids is 2. The highest BCUT2D eigenvalue weighted by Gasteiger charge is 2.02. The van der Waals surface area contributed by atoms with Crippen molar-refractivity contribution in [1.82, 2.24) is 0 Å². The summed E-state index contributed by atoms with van der Waals surface area (Å²) in [5.41, 5.74) is 3.59. The molecular formula is C26H22O4. The van der Waals surface area contributed by atoms with Crippen LogP contribution in [0.2, 0.25) is 0 Å². The van der Waals surface area contributed by atoms with Crippen LogP contribution in [0.5, 0.6) is 0 Å². The molecule has 4 nitrogen and oxygen atoms in total. The Morgan fingerprint density at radius 1 is 0.567 bits per heavy atom. The van der Waals surface area contributed by atoms with Crippen LogP contribution in [-0.2, 0) is 32.3 Å². The molecule has 0 spiro atoms. The van der Waals surface area contributed by atoms with Crippen LogP contribution >= 0.6 is 0 Å². The van der Waals surface area contributed by atoms with Crippen molar-refractivity contribution in [2.75, 3.05) is 0 Å². The molecule has 0 atom stereocenters. The predicted octanol–water partition coefficient (Wildman–Crippen LogP) is 5.20. The van der Waals surface area contributed by atoms with Gasteiger partial charge in [0.25, 0.3) is 0 Å². The summed E-state index contributed by atoms with van der Waals surface area (Å²) in [6.07, 6.45) is 6.25. The topological polar surface area (TPSA) is 52.6 Å². The Bertz CT molecular complexity index is 919. The molecule has 0 amide bonds. The second-order valence-corrected chi connectivity index (χ2v) is 6.52. The van der Waals surface area contributed by atoms with Crippen molar-refractivity contribution >= 4 is 24.1 Å². The van der Waals surface area contributed by atoms with Crippen LogP contribution in [0.3, 0.4) is 0 Å². The lowest BCUT2D eigenvalue weighted by atomic mass is 10.1. The maximum atomic E-state index is 11.8. The Morgan fingerprint density at radius 2 is 0.933 bits per heavy atom. The Labute approximate surface area is 176 Å². The third-order valence-corrected chi connectivity index (χ3v) is 4.21. The van der Waals surface area contributed by atoms with Gasteiger partial charge >= 0.3 is 11.9 Å². The molecule has 0 aliphatic rings. The van der Waals surface area contributed by atoms with Crippen molar-refractivity contribution in [3.63, 3.8) is 0 Å². The van der Waals surface area contributed by atoms with Crippen molar-refractivity contribution in [2.45, 2.75) is 13.2 Å². The van der Waals surface area contributed by atoms with Gasteiger partial charge in [-0.15, -0.1) is 0 Å². The van der Waals surface area contributed by atoms with E-state index in [9.17, 15) is 9.59 Å². The summed E-state index contributed by atoms with van der Waals surface area (Å²) in [5.74, 6) is -0.802.